The molecule has 3 saturated carbocycles. The van der Waals surface area contributed by atoms with Crippen molar-refractivity contribution in [3.05, 3.63) is 11.6 Å². The standard InChI is InChI=1S/C26H37NO8.ClH/c1-24-9-7-15(28)11-14(24)3-4-16-17-8-10-26(34,25(17,2)12-19(29)22(16)24)20(30)13-35-23(33)18(27)5-6-21(31)32;/h11,16-19,22,29,34H,3-10,12-13,27H2,1-2H3,(H,31,32);1H/t16?,17?,18-,19?,22?,24+,25+,26+;/m1./s1. The third kappa shape index (κ3) is 4.52. The normalized spacial score (nSPS) is 40.0. The summed E-state index contributed by atoms with van der Waals surface area (Å²) in [7, 11) is 0. The number of ketones is 2. The van der Waals surface area contributed by atoms with E-state index in [1.54, 1.807) is 6.08 Å². The van der Waals surface area contributed by atoms with E-state index in [1.165, 1.54) is 0 Å². The Kier molecular flexibility index (Phi) is 8.11. The average molecular weight is 528 g/mol. The summed E-state index contributed by atoms with van der Waals surface area (Å²) in [5, 5.41) is 31.8. The Bertz CT molecular complexity index is 968. The van der Waals surface area contributed by atoms with Gasteiger partial charge in [0.1, 0.15) is 11.6 Å². The van der Waals surface area contributed by atoms with Crippen molar-refractivity contribution in [1.29, 1.82) is 0 Å². The van der Waals surface area contributed by atoms with Crippen molar-refractivity contribution >= 4 is 35.9 Å². The molecular weight excluding hydrogens is 490 g/mol. The molecule has 0 aromatic carbocycles. The Balaban J connectivity index is 0.00000361. The van der Waals surface area contributed by atoms with Crippen molar-refractivity contribution < 1.29 is 39.2 Å². The minimum Gasteiger partial charge on any atom is -0.481 e. The molecule has 4 rings (SSSR count). The molecule has 0 bridgehead atoms. The maximum Gasteiger partial charge on any atom is 0.323 e. The number of aliphatic hydroxyl groups is 2. The second kappa shape index (κ2) is 10.2. The Morgan fingerprint density at radius 2 is 1.89 bits per heavy atom. The fraction of sp³-hybridized carbons (Fsp3) is 0.769. The molecule has 10 heteroatoms. The smallest absolute Gasteiger partial charge is 0.323 e. The van der Waals surface area contributed by atoms with Gasteiger partial charge < -0.3 is 25.8 Å². The number of allylic oxidation sites excluding steroid dienone is 1. The van der Waals surface area contributed by atoms with Gasteiger partial charge in [0.15, 0.2) is 12.4 Å². The zero-order chi connectivity index (χ0) is 25.8. The topological polar surface area (TPSA) is 164 Å². The van der Waals surface area contributed by atoms with E-state index < -0.39 is 47.5 Å². The van der Waals surface area contributed by atoms with E-state index in [1.807, 2.05) is 6.92 Å². The number of ether oxygens (including phenoxy) is 1. The van der Waals surface area contributed by atoms with Crippen LogP contribution < -0.4 is 5.73 Å². The van der Waals surface area contributed by atoms with Crippen LogP contribution in [0.3, 0.4) is 0 Å². The summed E-state index contributed by atoms with van der Waals surface area (Å²) < 4.78 is 5.06. The van der Waals surface area contributed by atoms with Crippen molar-refractivity contribution in [1.82, 2.24) is 0 Å². The number of carbonyl (C=O) groups excluding carboxylic acids is 3. The first-order valence-corrected chi connectivity index (χ1v) is 12.6. The van der Waals surface area contributed by atoms with Crippen LogP contribution in [0.4, 0.5) is 0 Å². The molecule has 4 aliphatic rings. The number of esters is 1. The quantitative estimate of drug-likeness (QED) is 0.362. The molecule has 202 valence electrons. The van der Waals surface area contributed by atoms with E-state index in [2.05, 4.69) is 6.92 Å². The van der Waals surface area contributed by atoms with E-state index >= 15 is 0 Å². The molecule has 4 aliphatic carbocycles. The maximum absolute atomic E-state index is 13.2. The summed E-state index contributed by atoms with van der Waals surface area (Å²) in [5.41, 5.74) is 3.91. The van der Waals surface area contributed by atoms with Gasteiger partial charge in [0.05, 0.1) is 6.10 Å². The van der Waals surface area contributed by atoms with Gasteiger partial charge in [-0.15, -0.1) is 12.4 Å². The van der Waals surface area contributed by atoms with E-state index in [-0.39, 0.29) is 67.0 Å². The number of nitrogens with two attached hydrogens (primary N) is 1. The molecule has 0 aromatic rings. The van der Waals surface area contributed by atoms with Gasteiger partial charge in [-0.3, -0.25) is 19.2 Å². The molecule has 4 unspecified atom stereocenters. The number of carboxylic acids is 1. The monoisotopic (exact) mass is 527 g/mol. The van der Waals surface area contributed by atoms with Crippen molar-refractivity contribution in [2.24, 2.45) is 34.3 Å². The summed E-state index contributed by atoms with van der Waals surface area (Å²) in [5.74, 6) is -2.32. The highest BCUT2D eigenvalue weighted by Gasteiger charge is 2.68. The number of aliphatic carboxylic acids is 1. The summed E-state index contributed by atoms with van der Waals surface area (Å²) in [6, 6.07) is -1.16. The van der Waals surface area contributed by atoms with Crippen LogP contribution in [-0.2, 0) is 23.9 Å². The van der Waals surface area contributed by atoms with Gasteiger partial charge >= 0.3 is 11.9 Å². The number of carboxylic acid groups (broad SMARTS) is 1. The highest BCUT2D eigenvalue weighted by Crippen LogP contribution is 2.67. The van der Waals surface area contributed by atoms with Gasteiger partial charge in [0.2, 0.25) is 5.78 Å². The lowest BCUT2D eigenvalue weighted by Crippen LogP contribution is -2.62. The van der Waals surface area contributed by atoms with Gasteiger partial charge in [-0.05, 0) is 74.2 Å². The van der Waals surface area contributed by atoms with Gasteiger partial charge in [0, 0.05) is 18.3 Å². The molecule has 0 heterocycles. The Labute approximate surface area is 217 Å². The number of Topliss-reactive ketones (excluding diaryl/α,β-unsaturated/α-hetero) is 1. The van der Waals surface area contributed by atoms with Crippen molar-refractivity contribution in [2.45, 2.75) is 89.4 Å². The van der Waals surface area contributed by atoms with Gasteiger partial charge in [-0.1, -0.05) is 19.4 Å². The zero-order valence-electron chi connectivity index (χ0n) is 20.9. The van der Waals surface area contributed by atoms with Gasteiger partial charge in [-0.2, -0.15) is 0 Å². The molecule has 0 aliphatic heterocycles. The predicted molar refractivity (Wildman–Crippen MR) is 131 cm³/mol. The summed E-state index contributed by atoms with van der Waals surface area (Å²) in [6.07, 6.45) is 4.51. The zero-order valence-corrected chi connectivity index (χ0v) is 21.7. The number of aliphatic hydroxyl groups excluding tert-OH is 1. The summed E-state index contributed by atoms with van der Waals surface area (Å²) in [4.78, 5) is 48.1. The molecule has 0 amide bonds. The largest absolute Gasteiger partial charge is 0.481 e. The second-order valence-electron chi connectivity index (χ2n) is 11.5. The highest BCUT2D eigenvalue weighted by molar-refractivity contribution is 5.92. The lowest BCUT2D eigenvalue weighted by molar-refractivity contribution is -0.184. The molecule has 5 N–H and O–H groups in total. The van der Waals surface area contributed by atoms with Crippen LogP contribution in [0, 0.1) is 28.6 Å². The minimum atomic E-state index is -1.74. The van der Waals surface area contributed by atoms with E-state index in [4.69, 9.17) is 15.6 Å². The lowest BCUT2D eigenvalue weighted by Gasteiger charge is -2.60. The van der Waals surface area contributed by atoms with Crippen LogP contribution in [0.5, 0.6) is 0 Å². The SMILES string of the molecule is C[C@]12CCC(=O)C=C1CCC1C2C(O)C[C@@]2(C)C1CC[C@]2(O)C(=O)COC(=O)[C@H](N)CCC(=O)O.Cl. The van der Waals surface area contributed by atoms with Gasteiger partial charge in [-0.25, -0.2) is 0 Å². The number of hydrogen-bond acceptors (Lipinski definition) is 8. The van der Waals surface area contributed by atoms with Crippen LogP contribution in [0.25, 0.3) is 0 Å². The maximum atomic E-state index is 13.2. The average Bonchev–Trinajstić information content (AvgIpc) is 3.06. The lowest BCUT2D eigenvalue weighted by atomic mass is 9.45. The first kappa shape index (κ1) is 28.8. The van der Waals surface area contributed by atoms with E-state index in [0.717, 1.165) is 18.4 Å². The second-order valence-corrected chi connectivity index (χ2v) is 11.5. The number of carbonyl (C=O) groups is 4. The Hall–Kier alpha value is -1.81. The highest BCUT2D eigenvalue weighted by atomic mass is 35.5. The van der Waals surface area contributed by atoms with Crippen LogP contribution in [0.1, 0.15) is 71.6 Å². The predicted octanol–water partition coefficient (Wildman–Crippen LogP) is 1.95. The molecule has 3 fully saturated rings. The Morgan fingerprint density at radius 1 is 1.19 bits per heavy atom. The third-order valence-corrected chi connectivity index (χ3v) is 9.83. The first-order valence-electron chi connectivity index (χ1n) is 12.6. The molecular formula is C26H38ClNO8. The molecule has 9 nitrogen and oxygen atoms in total. The van der Waals surface area contributed by atoms with Crippen molar-refractivity contribution in [3.8, 4) is 0 Å². The fourth-order valence-corrected chi connectivity index (χ4v) is 7.91. The van der Waals surface area contributed by atoms with E-state index in [9.17, 15) is 29.4 Å². The number of fused-ring (bicyclic) bond motifs is 5. The van der Waals surface area contributed by atoms with Crippen LogP contribution in [0.15, 0.2) is 11.6 Å². The van der Waals surface area contributed by atoms with Crippen LogP contribution in [-0.4, -0.2) is 63.2 Å². The van der Waals surface area contributed by atoms with Crippen LogP contribution in [0.2, 0.25) is 0 Å². The van der Waals surface area contributed by atoms with Crippen molar-refractivity contribution in [2.75, 3.05) is 6.61 Å². The molecule has 0 spiro atoms. The molecule has 0 radical (unpaired) electrons. The minimum absolute atomic E-state index is 0. The molecule has 0 saturated heterocycles. The van der Waals surface area contributed by atoms with Crippen LogP contribution >= 0.6 is 12.4 Å². The van der Waals surface area contributed by atoms with E-state index in [0.29, 0.717) is 19.3 Å². The number of hydrogen-bond donors (Lipinski definition) is 4. The first-order chi connectivity index (χ1) is 16.3. The van der Waals surface area contributed by atoms with Crippen molar-refractivity contribution in [3.63, 3.8) is 0 Å². The molecule has 8 atom stereocenters. The molecule has 36 heavy (non-hydrogen) atoms. The third-order valence-electron chi connectivity index (χ3n) is 9.83. The summed E-state index contributed by atoms with van der Waals surface area (Å²) >= 11 is 0. The summed E-state index contributed by atoms with van der Waals surface area (Å²) in [6.45, 7) is 3.36. The van der Waals surface area contributed by atoms with Gasteiger partial charge in [0.25, 0.3) is 0 Å². The fourth-order valence-electron chi connectivity index (χ4n) is 7.91. The number of halogens is 1. The molecule has 0 aromatic heterocycles. The number of rotatable bonds is 7. The Morgan fingerprint density at radius 3 is 2.56 bits per heavy atom.